The summed E-state index contributed by atoms with van der Waals surface area (Å²) in [7, 11) is 0. The van der Waals surface area contributed by atoms with E-state index >= 15 is 0 Å². The van der Waals surface area contributed by atoms with Gasteiger partial charge in [0.2, 0.25) is 0 Å². The van der Waals surface area contributed by atoms with Crippen molar-refractivity contribution in [3.63, 3.8) is 0 Å². The summed E-state index contributed by atoms with van der Waals surface area (Å²) in [6.07, 6.45) is -0.931. The van der Waals surface area contributed by atoms with Crippen LogP contribution < -0.4 is 0 Å². The zero-order chi connectivity index (χ0) is 14.4. The highest BCUT2D eigenvalue weighted by Crippen LogP contribution is 2.23. The number of alkyl halides is 1. The molecule has 0 aliphatic rings. The molecule has 0 heterocycles. The van der Waals surface area contributed by atoms with Crippen molar-refractivity contribution in [2.24, 2.45) is 0 Å². The number of ether oxygens (including phenoxy) is 1. The van der Waals surface area contributed by atoms with Gasteiger partial charge in [-0.2, -0.15) is 0 Å². The first-order chi connectivity index (χ1) is 9.68. The van der Waals surface area contributed by atoms with Gasteiger partial charge in [0.25, 0.3) is 0 Å². The standard InChI is InChI=1S/C16H15BrO3/c17-14(15(18)13-9-5-2-6-10-13)16(19)20-11-12-7-3-1-4-8-12/h1-10,14-15,18H,11H2/t14-,15+/m1/s1. The largest absolute Gasteiger partial charge is 0.460 e. The number of aliphatic hydroxyl groups excluding tert-OH is 1. The molecule has 2 atom stereocenters. The maximum Gasteiger partial charge on any atom is 0.323 e. The van der Waals surface area contributed by atoms with Gasteiger partial charge in [0.15, 0.2) is 0 Å². The first-order valence-corrected chi connectivity index (χ1v) is 7.17. The van der Waals surface area contributed by atoms with E-state index in [4.69, 9.17) is 4.74 Å². The van der Waals surface area contributed by atoms with Crippen LogP contribution in [0.1, 0.15) is 17.2 Å². The number of carbonyl (C=O) groups excluding carboxylic acids is 1. The third kappa shape index (κ3) is 3.92. The molecule has 0 fully saturated rings. The second kappa shape index (κ2) is 7.22. The molecule has 0 unspecified atom stereocenters. The maximum absolute atomic E-state index is 11.9. The predicted octanol–water partition coefficient (Wildman–Crippen LogP) is 3.23. The normalized spacial score (nSPS) is 13.5. The van der Waals surface area contributed by atoms with Gasteiger partial charge in [0.1, 0.15) is 17.5 Å². The summed E-state index contributed by atoms with van der Waals surface area (Å²) in [4.78, 5) is 11.1. The molecule has 0 aliphatic heterocycles. The average Bonchev–Trinajstić information content (AvgIpc) is 2.53. The molecule has 2 aromatic rings. The maximum atomic E-state index is 11.9. The summed E-state index contributed by atoms with van der Waals surface area (Å²) in [6, 6.07) is 18.4. The van der Waals surface area contributed by atoms with E-state index in [0.717, 1.165) is 5.56 Å². The Morgan fingerprint density at radius 1 is 1.05 bits per heavy atom. The van der Waals surface area contributed by atoms with Crippen LogP contribution in [0, 0.1) is 0 Å². The summed E-state index contributed by atoms with van der Waals surface area (Å²) >= 11 is 3.19. The monoisotopic (exact) mass is 334 g/mol. The lowest BCUT2D eigenvalue weighted by atomic mass is 10.1. The number of halogens is 1. The van der Waals surface area contributed by atoms with E-state index in [0.29, 0.717) is 5.56 Å². The topological polar surface area (TPSA) is 46.5 Å². The van der Waals surface area contributed by atoms with Crippen molar-refractivity contribution in [3.8, 4) is 0 Å². The van der Waals surface area contributed by atoms with Crippen LogP contribution in [0.4, 0.5) is 0 Å². The third-order valence-electron chi connectivity index (χ3n) is 2.87. The number of rotatable bonds is 5. The van der Waals surface area contributed by atoms with Crippen molar-refractivity contribution in [3.05, 3.63) is 71.8 Å². The molecule has 0 radical (unpaired) electrons. The molecule has 2 aromatic carbocycles. The lowest BCUT2D eigenvalue weighted by Crippen LogP contribution is -2.24. The van der Waals surface area contributed by atoms with Crippen LogP contribution in [0.3, 0.4) is 0 Å². The second-order valence-corrected chi connectivity index (χ2v) is 5.34. The van der Waals surface area contributed by atoms with Crippen molar-refractivity contribution in [2.45, 2.75) is 17.5 Å². The lowest BCUT2D eigenvalue weighted by molar-refractivity contribution is -0.146. The highest BCUT2D eigenvalue weighted by Gasteiger charge is 2.26. The quantitative estimate of drug-likeness (QED) is 0.674. The van der Waals surface area contributed by atoms with Crippen LogP contribution in [0.2, 0.25) is 0 Å². The molecule has 20 heavy (non-hydrogen) atoms. The average molecular weight is 335 g/mol. The summed E-state index contributed by atoms with van der Waals surface area (Å²) in [5.74, 6) is -0.481. The Hall–Kier alpha value is -1.65. The molecule has 1 N–H and O–H groups in total. The minimum absolute atomic E-state index is 0.198. The summed E-state index contributed by atoms with van der Waals surface area (Å²) in [5, 5.41) is 10.1. The first kappa shape index (κ1) is 14.8. The van der Waals surface area contributed by atoms with Gasteiger partial charge in [-0.05, 0) is 11.1 Å². The van der Waals surface area contributed by atoms with Crippen LogP contribution >= 0.6 is 15.9 Å². The Balaban J connectivity index is 1.92. The van der Waals surface area contributed by atoms with Crippen LogP contribution in [-0.2, 0) is 16.1 Å². The van der Waals surface area contributed by atoms with E-state index in [-0.39, 0.29) is 6.61 Å². The molecule has 0 spiro atoms. The predicted molar refractivity (Wildman–Crippen MR) is 80.4 cm³/mol. The van der Waals surface area contributed by atoms with Gasteiger partial charge >= 0.3 is 5.97 Å². The fourth-order valence-electron chi connectivity index (χ4n) is 1.76. The number of carbonyl (C=O) groups is 1. The van der Waals surface area contributed by atoms with Gasteiger partial charge in [-0.3, -0.25) is 4.79 Å². The Labute approximate surface area is 126 Å². The highest BCUT2D eigenvalue weighted by molar-refractivity contribution is 9.10. The molecule has 0 aliphatic carbocycles. The smallest absolute Gasteiger partial charge is 0.323 e. The number of esters is 1. The molecule has 0 saturated carbocycles. The first-order valence-electron chi connectivity index (χ1n) is 6.26. The van der Waals surface area contributed by atoms with Gasteiger partial charge in [-0.25, -0.2) is 0 Å². The Morgan fingerprint density at radius 3 is 2.20 bits per heavy atom. The van der Waals surface area contributed by atoms with Crippen LogP contribution in [0.5, 0.6) is 0 Å². The molecule has 104 valence electrons. The fourth-order valence-corrected chi connectivity index (χ4v) is 2.19. The Kier molecular flexibility index (Phi) is 5.32. The molecule has 4 heteroatoms. The van der Waals surface area contributed by atoms with E-state index in [2.05, 4.69) is 15.9 Å². The third-order valence-corrected chi connectivity index (χ3v) is 3.74. The van der Waals surface area contributed by atoms with Crippen LogP contribution in [0.25, 0.3) is 0 Å². The summed E-state index contributed by atoms with van der Waals surface area (Å²) in [5.41, 5.74) is 1.58. The molecule has 0 aromatic heterocycles. The highest BCUT2D eigenvalue weighted by atomic mass is 79.9. The van der Waals surface area contributed by atoms with E-state index in [1.165, 1.54) is 0 Å². The van der Waals surface area contributed by atoms with E-state index in [1.54, 1.807) is 12.1 Å². The Morgan fingerprint density at radius 2 is 1.60 bits per heavy atom. The van der Waals surface area contributed by atoms with E-state index < -0.39 is 16.9 Å². The van der Waals surface area contributed by atoms with E-state index in [9.17, 15) is 9.90 Å². The second-order valence-electron chi connectivity index (χ2n) is 4.35. The van der Waals surface area contributed by atoms with E-state index in [1.807, 2.05) is 48.5 Å². The summed E-state index contributed by atoms with van der Waals surface area (Å²) in [6.45, 7) is 0.198. The number of benzene rings is 2. The zero-order valence-corrected chi connectivity index (χ0v) is 12.4. The minimum atomic E-state index is -0.931. The number of hydrogen-bond donors (Lipinski definition) is 1. The van der Waals surface area contributed by atoms with Crippen LogP contribution in [0.15, 0.2) is 60.7 Å². The van der Waals surface area contributed by atoms with Gasteiger partial charge in [0.05, 0.1) is 0 Å². The van der Waals surface area contributed by atoms with Crippen molar-refractivity contribution in [2.75, 3.05) is 0 Å². The molecule has 2 rings (SSSR count). The van der Waals surface area contributed by atoms with Crippen molar-refractivity contribution in [1.29, 1.82) is 0 Å². The Bertz CT molecular complexity index is 542. The lowest BCUT2D eigenvalue weighted by Gasteiger charge is -2.16. The van der Waals surface area contributed by atoms with Crippen molar-refractivity contribution in [1.82, 2.24) is 0 Å². The van der Waals surface area contributed by atoms with Gasteiger partial charge in [-0.15, -0.1) is 0 Å². The zero-order valence-electron chi connectivity index (χ0n) is 10.8. The van der Waals surface area contributed by atoms with Crippen molar-refractivity contribution >= 4 is 21.9 Å². The molecule has 0 amide bonds. The molecular formula is C16H15BrO3. The molecule has 3 nitrogen and oxygen atoms in total. The molecule has 0 saturated heterocycles. The van der Waals surface area contributed by atoms with Gasteiger partial charge in [0, 0.05) is 0 Å². The fraction of sp³-hybridized carbons (Fsp3) is 0.188. The summed E-state index contributed by atoms with van der Waals surface area (Å²) < 4.78 is 5.19. The SMILES string of the molecule is O=C(OCc1ccccc1)[C@H](Br)[C@@H](O)c1ccccc1. The van der Waals surface area contributed by atoms with Gasteiger partial charge < -0.3 is 9.84 Å². The number of hydrogen-bond acceptors (Lipinski definition) is 3. The number of aliphatic hydroxyl groups is 1. The van der Waals surface area contributed by atoms with Gasteiger partial charge in [-0.1, -0.05) is 76.6 Å². The molecular weight excluding hydrogens is 320 g/mol. The van der Waals surface area contributed by atoms with Crippen molar-refractivity contribution < 1.29 is 14.6 Å². The minimum Gasteiger partial charge on any atom is -0.460 e. The molecule has 0 bridgehead atoms. The van der Waals surface area contributed by atoms with Crippen LogP contribution in [-0.4, -0.2) is 15.9 Å².